The standard InChI is InChI=1S/C16H22N2O2S/c1-3-20-13-6-5-9-18(11-13)16(19)15-10-12(2)14(21-15)7-4-8-17/h10,13H,3,5-6,8-9,11,17H2,1-2H3. The van der Waals surface area contributed by atoms with Gasteiger partial charge in [0.05, 0.1) is 22.4 Å². The summed E-state index contributed by atoms with van der Waals surface area (Å²) in [6.07, 6.45) is 2.21. The number of thiophene rings is 1. The van der Waals surface area contributed by atoms with Crippen molar-refractivity contribution in [3.8, 4) is 11.8 Å². The Kier molecular flexibility index (Phi) is 5.80. The van der Waals surface area contributed by atoms with E-state index in [1.165, 1.54) is 11.3 Å². The van der Waals surface area contributed by atoms with Gasteiger partial charge in [0.2, 0.25) is 0 Å². The minimum absolute atomic E-state index is 0.0910. The largest absolute Gasteiger partial charge is 0.377 e. The summed E-state index contributed by atoms with van der Waals surface area (Å²) in [5, 5.41) is 0. The Labute approximate surface area is 130 Å². The minimum Gasteiger partial charge on any atom is -0.377 e. The molecular formula is C16H22N2O2S. The summed E-state index contributed by atoms with van der Waals surface area (Å²) in [4.78, 5) is 16.2. The molecule has 114 valence electrons. The molecule has 2 rings (SSSR count). The molecule has 1 aromatic rings. The first kappa shape index (κ1) is 16.0. The van der Waals surface area contributed by atoms with Crippen molar-refractivity contribution in [2.75, 3.05) is 26.2 Å². The predicted molar refractivity (Wildman–Crippen MR) is 85.5 cm³/mol. The van der Waals surface area contributed by atoms with Gasteiger partial charge in [-0.05, 0) is 38.3 Å². The van der Waals surface area contributed by atoms with Gasteiger partial charge in [0.25, 0.3) is 5.91 Å². The Balaban J connectivity index is 2.09. The van der Waals surface area contributed by atoms with Gasteiger partial charge in [-0.3, -0.25) is 4.79 Å². The summed E-state index contributed by atoms with van der Waals surface area (Å²) in [6, 6.07) is 1.93. The smallest absolute Gasteiger partial charge is 0.264 e. The molecule has 0 aromatic carbocycles. The number of aryl methyl sites for hydroxylation is 1. The van der Waals surface area contributed by atoms with Crippen LogP contribution in [0.2, 0.25) is 0 Å². The van der Waals surface area contributed by atoms with E-state index in [0.717, 1.165) is 34.7 Å². The van der Waals surface area contributed by atoms with Crippen molar-refractivity contribution in [2.24, 2.45) is 5.73 Å². The van der Waals surface area contributed by atoms with Crippen LogP contribution in [-0.2, 0) is 4.74 Å². The Morgan fingerprint density at radius 2 is 2.43 bits per heavy atom. The molecule has 1 atom stereocenters. The highest BCUT2D eigenvalue weighted by Gasteiger charge is 2.25. The summed E-state index contributed by atoms with van der Waals surface area (Å²) in [5.41, 5.74) is 6.44. The van der Waals surface area contributed by atoms with E-state index in [1.807, 2.05) is 24.8 Å². The van der Waals surface area contributed by atoms with Crippen LogP contribution in [0.1, 0.15) is 39.9 Å². The quantitative estimate of drug-likeness (QED) is 0.869. The fourth-order valence-corrected chi connectivity index (χ4v) is 3.51. The van der Waals surface area contributed by atoms with E-state index in [0.29, 0.717) is 19.7 Å². The van der Waals surface area contributed by atoms with Crippen molar-refractivity contribution in [3.63, 3.8) is 0 Å². The highest BCUT2D eigenvalue weighted by Crippen LogP contribution is 2.24. The Bertz CT molecular complexity index is 554. The molecule has 1 saturated heterocycles. The molecule has 0 aliphatic carbocycles. The van der Waals surface area contributed by atoms with E-state index in [9.17, 15) is 4.79 Å². The molecule has 5 heteroatoms. The lowest BCUT2D eigenvalue weighted by atomic mass is 10.1. The molecule has 2 heterocycles. The third kappa shape index (κ3) is 4.07. The number of likely N-dealkylation sites (tertiary alicyclic amines) is 1. The molecule has 0 bridgehead atoms. The van der Waals surface area contributed by atoms with Crippen LogP contribution in [0.25, 0.3) is 0 Å². The van der Waals surface area contributed by atoms with Crippen LogP contribution in [0.3, 0.4) is 0 Å². The van der Waals surface area contributed by atoms with Gasteiger partial charge in [0.1, 0.15) is 0 Å². The highest BCUT2D eigenvalue weighted by atomic mass is 32.1. The maximum absolute atomic E-state index is 12.6. The van der Waals surface area contributed by atoms with Crippen LogP contribution >= 0.6 is 11.3 Å². The molecule has 1 aliphatic rings. The summed E-state index contributed by atoms with van der Waals surface area (Å²) < 4.78 is 5.65. The van der Waals surface area contributed by atoms with Crippen molar-refractivity contribution in [1.29, 1.82) is 0 Å². The van der Waals surface area contributed by atoms with Crippen LogP contribution in [0, 0.1) is 18.8 Å². The van der Waals surface area contributed by atoms with Crippen molar-refractivity contribution in [2.45, 2.75) is 32.8 Å². The van der Waals surface area contributed by atoms with Crippen molar-refractivity contribution >= 4 is 17.2 Å². The van der Waals surface area contributed by atoms with Crippen molar-refractivity contribution in [3.05, 3.63) is 21.4 Å². The fourth-order valence-electron chi connectivity index (χ4n) is 2.49. The van der Waals surface area contributed by atoms with E-state index in [-0.39, 0.29) is 12.0 Å². The number of amides is 1. The third-order valence-corrected chi connectivity index (χ3v) is 4.64. The average Bonchev–Trinajstić information content (AvgIpc) is 2.86. The second kappa shape index (κ2) is 7.60. The van der Waals surface area contributed by atoms with Crippen LogP contribution in [-0.4, -0.2) is 43.2 Å². The maximum Gasteiger partial charge on any atom is 0.264 e. The molecule has 2 N–H and O–H groups in total. The van der Waals surface area contributed by atoms with Gasteiger partial charge in [-0.2, -0.15) is 0 Å². The number of rotatable bonds is 3. The third-order valence-electron chi connectivity index (χ3n) is 3.50. The molecule has 1 amide bonds. The van der Waals surface area contributed by atoms with Crippen molar-refractivity contribution < 1.29 is 9.53 Å². The topological polar surface area (TPSA) is 55.6 Å². The lowest BCUT2D eigenvalue weighted by Gasteiger charge is -2.32. The van der Waals surface area contributed by atoms with Crippen LogP contribution in [0.15, 0.2) is 6.07 Å². The van der Waals surface area contributed by atoms with Gasteiger partial charge in [-0.1, -0.05) is 11.8 Å². The Hall–Kier alpha value is -1.35. The fraction of sp³-hybridized carbons (Fsp3) is 0.562. The summed E-state index contributed by atoms with van der Waals surface area (Å²) in [6.45, 7) is 6.50. The molecule has 4 nitrogen and oxygen atoms in total. The van der Waals surface area contributed by atoms with Gasteiger partial charge in [-0.25, -0.2) is 0 Å². The van der Waals surface area contributed by atoms with Crippen LogP contribution < -0.4 is 5.73 Å². The van der Waals surface area contributed by atoms with Crippen LogP contribution in [0.5, 0.6) is 0 Å². The first-order chi connectivity index (χ1) is 10.2. The molecule has 0 spiro atoms. The second-order valence-corrected chi connectivity index (χ2v) is 6.15. The number of hydrogen-bond acceptors (Lipinski definition) is 4. The van der Waals surface area contributed by atoms with Crippen LogP contribution in [0.4, 0.5) is 0 Å². The van der Waals surface area contributed by atoms with Gasteiger partial charge in [-0.15, -0.1) is 11.3 Å². The van der Waals surface area contributed by atoms with Crippen molar-refractivity contribution in [1.82, 2.24) is 4.90 Å². The first-order valence-corrected chi connectivity index (χ1v) is 8.17. The number of ether oxygens (including phenoxy) is 1. The maximum atomic E-state index is 12.6. The van der Waals surface area contributed by atoms with E-state index >= 15 is 0 Å². The summed E-state index contributed by atoms with van der Waals surface area (Å²) in [5.74, 6) is 5.96. The average molecular weight is 306 g/mol. The van der Waals surface area contributed by atoms with E-state index in [1.54, 1.807) is 0 Å². The SMILES string of the molecule is CCOC1CCCN(C(=O)c2cc(C)c(C#CCN)s2)C1. The number of piperidine rings is 1. The van der Waals surface area contributed by atoms with Gasteiger partial charge in [0.15, 0.2) is 0 Å². The molecule has 1 fully saturated rings. The zero-order valence-corrected chi connectivity index (χ0v) is 13.5. The minimum atomic E-state index is 0.0910. The molecule has 1 aliphatic heterocycles. The van der Waals surface area contributed by atoms with E-state index in [4.69, 9.17) is 10.5 Å². The summed E-state index contributed by atoms with van der Waals surface area (Å²) in [7, 11) is 0. The van der Waals surface area contributed by atoms with Gasteiger partial charge >= 0.3 is 0 Å². The zero-order chi connectivity index (χ0) is 15.2. The molecule has 0 radical (unpaired) electrons. The number of nitrogens with zero attached hydrogens (tertiary/aromatic N) is 1. The van der Waals surface area contributed by atoms with E-state index < -0.39 is 0 Å². The predicted octanol–water partition coefficient (Wildman–Crippen LogP) is 2.01. The summed E-state index contributed by atoms with van der Waals surface area (Å²) >= 11 is 1.45. The number of carbonyl (C=O) groups is 1. The van der Waals surface area contributed by atoms with E-state index in [2.05, 4.69) is 11.8 Å². The number of carbonyl (C=O) groups excluding carboxylic acids is 1. The monoisotopic (exact) mass is 306 g/mol. The van der Waals surface area contributed by atoms with Gasteiger partial charge < -0.3 is 15.4 Å². The first-order valence-electron chi connectivity index (χ1n) is 7.36. The second-order valence-electron chi connectivity index (χ2n) is 5.10. The lowest BCUT2D eigenvalue weighted by molar-refractivity contribution is 0.00742. The number of nitrogens with two attached hydrogens (primary N) is 1. The Morgan fingerprint density at radius 1 is 1.62 bits per heavy atom. The molecule has 21 heavy (non-hydrogen) atoms. The molecular weight excluding hydrogens is 284 g/mol. The molecule has 1 aromatic heterocycles. The molecule has 1 unspecified atom stereocenters. The number of hydrogen-bond donors (Lipinski definition) is 1. The van der Waals surface area contributed by atoms with Gasteiger partial charge in [0, 0.05) is 19.7 Å². The zero-order valence-electron chi connectivity index (χ0n) is 12.6. The molecule has 0 saturated carbocycles. The highest BCUT2D eigenvalue weighted by molar-refractivity contribution is 7.14. The lowest BCUT2D eigenvalue weighted by Crippen LogP contribution is -2.43. The Morgan fingerprint density at radius 3 is 3.14 bits per heavy atom. The normalized spacial score (nSPS) is 18.2.